The topological polar surface area (TPSA) is 138 Å². The first-order valence-electron chi connectivity index (χ1n) is 15.9. The van der Waals surface area contributed by atoms with E-state index in [2.05, 4.69) is 29.1 Å². The van der Waals surface area contributed by atoms with Crippen LogP contribution in [0.25, 0.3) is 0 Å². The number of thiazole rings is 1. The minimum Gasteiger partial charge on any atom is -0.452 e. The normalized spacial score (nSPS) is 17.5. The number of hydrogen-bond donors (Lipinski definition) is 2. The number of likely N-dealkylation sites (N-methyl/N-ethyl adjacent to an activating group) is 1. The second kappa shape index (κ2) is 17.7. The van der Waals surface area contributed by atoms with E-state index in [1.807, 2.05) is 63.1 Å². The molecule has 2 heterocycles. The third-order valence-electron chi connectivity index (χ3n) is 8.00. The van der Waals surface area contributed by atoms with Crippen LogP contribution in [0.1, 0.15) is 80.5 Å². The van der Waals surface area contributed by atoms with Crippen molar-refractivity contribution in [3.8, 4) is 0 Å². The molecule has 0 radical (unpaired) electrons. The van der Waals surface area contributed by atoms with E-state index in [9.17, 15) is 24.0 Å². The summed E-state index contributed by atoms with van der Waals surface area (Å²) in [6.45, 7) is 12.0. The predicted molar refractivity (Wildman–Crippen MR) is 177 cm³/mol. The Bertz CT molecular complexity index is 1360. The maximum absolute atomic E-state index is 13.7. The minimum atomic E-state index is -0.889. The van der Waals surface area contributed by atoms with Gasteiger partial charge in [0, 0.05) is 35.9 Å². The number of likely N-dealkylation sites (tertiary alicyclic amines) is 1. The van der Waals surface area contributed by atoms with E-state index >= 15 is 0 Å². The number of hydrogen-bond acceptors (Lipinski definition) is 9. The zero-order valence-electron chi connectivity index (χ0n) is 27.5. The van der Waals surface area contributed by atoms with Gasteiger partial charge in [-0.25, -0.2) is 9.78 Å². The number of unbranched alkanes of at least 4 members (excludes halogenated alkanes) is 1. The molecule has 1 aromatic carbocycles. The monoisotopic (exact) mass is 653 g/mol. The Morgan fingerprint density at radius 2 is 1.91 bits per heavy atom. The number of nitrogens with one attached hydrogen (secondary N) is 2. The van der Waals surface area contributed by atoms with Crippen molar-refractivity contribution in [1.29, 1.82) is 0 Å². The molecule has 0 aliphatic carbocycles. The molecule has 3 unspecified atom stereocenters. The van der Waals surface area contributed by atoms with E-state index in [-0.39, 0.29) is 60.8 Å². The van der Waals surface area contributed by atoms with E-state index in [4.69, 9.17) is 4.74 Å². The maximum Gasteiger partial charge on any atom is 0.330 e. The van der Waals surface area contributed by atoms with Gasteiger partial charge < -0.3 is 15.4 Å². The van der Waals surface area contributed by atoms with Crippen LogP contribution < -0.4 is 10.6 Å². The number of rotatable bonds is 17. The molecule has 11 nitrogen and oxygen atoms in total. The fourth-order valence-corrected chi connectivity index (χ4v) is 6.21. The zero-order chi connectivity index (χ0) is 33.8. The Morgan fingerprint density at radius 3 is 2.57 bits per heavy atom. The number of ether oxygens (including phenoxy) is 1. The zero-order valence-corrected chi connectivity index (χ0v) is 28.3. The lowest BCUT2D eigenvalue weighted by Gasteiger charge is -2.26. The Labute approximate surface area is 275 Å². The van der Waals surface area contributed by atoms with Gasteiger partial charge in [0.2, 0.25) is 17.7 Å². The van der Waals surface area contributed by atoms with Gasteiger partial charge in [-0.2, -0.15) is 0 Å². The molecule has 12 heteroatoms. The molecule has 1 fully saturated rings. The largest absolute Gasteiger partial charge is 0.452 e. The second-order valence-corrected chi connectivity index (χ2v) is 13.1. The molecule has 1 aliphatic rings. The summed E-state index contributed by atoms with van der Waals surface area (Å²) < 4.78 is 5.65. The van der Waals surface area contributed by atoms with Crippen LogP contribution >= 0.6 is 11.3 Å². The lowest BCUT2D eigenvalue weighted by molar-refractivity contribution is -0.144. The summed E-state index contributed by atoms with van der Waals surface area (Å²) in [6, 6.07) is 8.98. The van der Waals surface area contributed by atoms with Crippen LogP contribution in [0, 0.1) is 11.8 Å². The first kappa shape index (κ1) is 36.6. The van der Waals surface area contributed by atoms with E-state index in [0.717, 1.165) is 42.4 Å². The quantitative estimate of drug-likeness (QED) is 0.149. The Kier molecular flexibility index (Phi) is 14.1. The van der Waals surface area contributed by atoms with Gasteiger partial charge in [-0.3, -0.25) is 29.0 Å². The Hall–Kier alpha value is -3.90. The average Bonchev–Trinajstić information content (AvgIpc) is 3.62. The number of imide groups is 1. The van der Waals surface area contributed by atoms with Crippen molar-refractivity contribution in [1.82, 2.24) is 25.4 Å². The highest BCUT2D eigenvalue weighted by atomic mass is 32.1. The standard InChI is InChI=1S/C34H47N5O6S/c1-7-9-15-38(6)20-30(41)35-19-29(40)36-26(22(3)4)18-28(45-31(42)8-2)32-37-27(21-46-32)34(44)39-25(16-23(5)33(39)43)17-24-13-11-10-12-14-24/h8,10-14,21-23,25-26,28H,2,7,9,15-20H2,1,3-6H3,(H,35,41)(H,36,40)/t23-,25?,26?,28?/m0/s1. The number of carbonyl (C=O) groups excluding carboxylic acids is 5. The molecule has 1 aromatic heterocycles. The highest BCUT2D eigenvalue weighted by Gasteiger charge is 2.42. The summed E-state index contributed by atoms with van der Waals surface area (Å²) in [7, 11) is 1.86. The molecule has 2 aromatic rings. The van der Waals surface area contributed by atoms with E-state index in [0.29, 0.717) is 17.8 Å². The van der Waals surface area contributed by atoms with Crippen molar-refractivity contribution in [2.75, 3.05) is 26.7 Å². The summed E-state index contributed by atoms with van der Waals surface area (Å²) in [5.74, 6) is -2.38. The summed E-state index contributed by atoms with van der Waals surface area (Å²) in [5, 5.41) is 7.52. The van der Waals surface area contributed by atoms with Gasteiger partial charge in [-0.05, 0) is 44.3 Å². The molecule has 46 heavy (non-hydrogen) atoms. The molecule has 0 saturated carbocycles. The highest BCUT2D eigenvalue weighted by molar-refractivity contribution is 7.09. The lowest BCUT2D eigenvalue weighted by Crippen LogP contribution is -2.46. The predicted octanol–water partition coefficient (Wildman–Crippen LogP) is 3.91. The van der Waals surface area contributed by atoms with Gasteiger partial charge in [-0.15, -0.1) is 11.3 Å². The van der Waals surface area contributed by atoms with Crippen molar-refractivity contribution < 1.29 is 28.7 Å². The van der Waals surface area contributed by atoms with Crippen LogP contribution in [0.3, 0.4) is 0 Å². The van der Waals surface area contributed by atoms with Crippen LogP contribution in [-0.4, -0.2) is 83.1 Å². The fourth-order valence-electron chi connectivity index (χ4n) is 5.38. The third kappa shape index (κ3) is 10.6. The number of esters is 1. The van der Waals surface area contributed by atoms with Crippen molar-refractivity contribution in [3.05, 3.63) is 64.6 Å². The van der Waals surface area contributed by atoms with Crippen molar-refractivity contribution >= 4 is 40.9 Å². The molecule has 0 spiro atoms. The van der Waals surface area contributed by atoms with E-state index in [1.54, 1.807) is 5.38 Å². The average molecular weight is 654 g/mol. The number of amides is 4. The summed E-state index contributed by atoms with van der Waals surface area (Å²) in [5.41, 5.74) is 1.13. The van der Waals surface area contributed by atoms with Crippen LogP contribution in [-0.2, 0) is 30.3 Å². The van der Waals surface area contributed by atoms with Crippen LogP contribution in [0.5, 0.6) is 0 Å². The number of benzene rings is 1. The lowest BCUT2D eigenvalue weighted by atomic mass is 9.97. The smallest absolute Gasteiger partial charge is 0.330 e. The molecule has 4 atom stereocenters. The van der Waals surface area contributed by atoms with Gasteiger partial charge >= 0.3 is 5.97 Å². The molecule has 1 aliphatic heterocycles. The van der Waals surface area contributed by atoms with Gasteiger partial charge in [0.25, 0.3) is 5.91 Å². The number of carbonyl (C=O) groups is 5. The van der Waals surface area contributed by atoms with Crippen LogP contribution in [0.2, 0.25) is 0 Å². The summed E-state index contributed by atoms with van der Waals surface area (Å²) in [6.07, 6.45) is 3.44. The summed E-state index contributed by atoms with van der Waals surface area (Å²) >= 11 is 1.15. The van der Waals surface area contributed by atoms with Gasteiger partial charge in [-0.1, -0.05) is 71.0 Å². The van der Waals surface area contributed by atoms with Crippen molar-refractivity contribution in [2.45, 2.75) is 78.0 Å². The van der Waals surface area contributed by atoms with Crippen molar-refractivity contribution in [2.24, 2.45) is 11.8 Å². The van der Waals surface area contributed by atoms with Gasteiger partial charge in [0.15, 0.2) is 6.10 Å². The Balaban J connectivity index is 1.71. The molecule has 3 rings (SSSR count). The minimum absolute atomic E-state index is 0.0618. The fraction of sp³-hybridized carbons (Fsp3) is 0.529. The number of nitrogens with zero attached hydrogens (tertiary/aromatic N) is 3. The maximum atomic E-state index is 13.7. The number of aromatic nitrogens is 1. The van der Waals surface area contributed by atoms with E-state index < -0.39 is 24.0 Å². The molecule has 2 N–H and O–H groups in total. The summed E-state index contributed by atoms with van der Waals surface area (Å²) in [4.78, 5) is 72.0. The highest BCUT2D eigenvalue weighted by Crippen LogP contribution is 2.32. The van der Waals surface area contributed by atoms with E-state index in [1.165, 1.54) is 4.90 Å². The molecule has 4 amide bonds. The SMILES string of the molecule is C=CC(=O)OC(CC(NC(=O)CNC(=O)CN(C)CCCC)C(C)C)c1nc(C(=O)N2C(=O)[C@@H](C)CC2Cc2ccccc2)cs1. The van der Waals surface area contributed by atoms with Crippen LogP contribution in [0.15, 0.2) is 48.4 Å². The third-order valence-corrected chi connectivity index (χ3v) is 8.93. The molecule has 0 bridgehead atoms. The van der Waals surface area contributed by atoms with Gasteiger partial charge in [0.1, 0.15) is 10.7 Å². The van der Waals surface area contributed by atoms with Gasteiger partial charge in [0.05, 0.1) is 13.1 Å². The second-order valence-electron chi connectivity index (χ2n) is 12.2. The first-order valence-corrected chi connectivity index (χ1v) is 16.8. The van der Waals surface area contributed by atoms with Crippen LogP contribution in [0.4, 0.5) is 0 Å². The molecular formula is C34H47N5O6S. The molecule has 250 valence electrons. The molecular weight excluding hydrogens is 606 g/mol. The van der Waals surface area contributed by atoms with Crippen molar-refractivity contribution in [3.63, 3.8) is 0 Å². The Morgan fingerprint density at radius 1 is 1.20 bits per heavy atom. The first-order chi connectivity index (χ1) is 21.9. The molecule has 1 saturated heterocycles.